The summed E-state index contributed by atoms with van der Waals surface area (Å²) in [6.07, 6.45) is 2.34. The maximum atomic E-state index is 13.6. The Bertz CT molecular complexity index is 477. The molecule has 0 aliphatic carbocycles. The summed E-state index contributed by atoms with van der Waals surface area (Å²) in [6, 6.07) is 5.04. The van der Waals surface area contributed by atoms with Crippen LogP contribution in [-0.2, 0) is 4.79 Å². The number of halogens is 2. The van der Waals surface area contributed by atoms with E-state index in [1.165, 1.54) is 12.5 Å². The van der Waals surface area contributed by atoms with Gasteiger partial charge in [0.15, 0.2) is 0 Å². The summed E-state index contributed by atoms with van der Waals surface area (Å²) >= 11 is 3.18. The highest BCUT2D eigenvalue weighted by Gasteiger charge is 2.17. The first kappa shape index (κ1) is 15.4. The molecular formula is C14H19BrFN3O. The summed E-state index contributed by atoms with van der Waals surface area (Å²) in [4.78, 5) is 13.8. The molecule has 0 aromatic heterocycles. The predicted octanol–water partition coefficient (Wildman–Crippen LogP) is 2.21. The molecule has 0 spiro atoms. The van der Waals surface area contributed by atoms with Crippen LogP contribution in [0, 0.1) is 5.82 Å². The predicted molar refractivity (Wildman–Crippen MR) is 81.3 cm³/mol. The lowest BCUT2D eigenvalue weighted by molar-refractivity contribution is -0.117. The van der Waals surface area contributed by atoms with Crippen LogP contribution in [-0.4, -0.2) is 43.5 Å². The Balaban J connectivity index is 1.82. The molecule has 1 aromatic carbocycles. The highest BCUT2D eigenvalue weighted by Crippen LogP contribution is 2.19. The molecule has 1 amide bonds. The van der Waals surface area contributed by atoms with Crippen molar-refractivity contribution in [1.29, 1.82) is 0 Å². The molecule has 0 radical (unpaired) electrons. The van der Waals surface area contributed by atoms with Crippen molar-refractivity contribution in [3.05, 3.63) is 28.5 Å². The zero-order chi connectivity index (χ0) is 14.5. The Labute approximate surface area is 126 Å². The summed E-state index contributed by atoms with van der Waals surface area (Å²) in [5, 5.41) is 5.98. The third-order valence-corrected chi connectivity index (χ3v) is 3.81. The number of anilines is 1. The average molecular weight is 344 g/mol. The number of carbonyl (C=O) groups excluding carboxylic acids is 1. The van der Waals surface area contributed by atoms with Gasteiger partial charge in [0.25, 0.3) is 0 Å². The van der Waals surface area contributed by atoms with E-state index in [1.54, 1.807) is 12.1 Å². The van der Waals surface area contributed by atoms with E-state index in [1.807, 2.05) is 11.9 Å². The summed E-state index contributed by atoms with van der Waals surface area (Å²) in [7, 11) is 1.90. The van der Waals surface area contributed by atoms with E-state index in [9.17, 15) is 9.18 Å². The Morgan fingerprint density at radius 2 is 2.40 bits per heavy atom. The lowest BCUT2D eigenvalue weighted by Crippen LogP contribution is -2.39. The lowest BCUT2D eigenvalue weighted by atomic mass is 10.2. The van der Waals surface area contributed by atoms with Crippen molar-refractivity contribution < 1.29 is 9.18 Å². The molecule has 1 aliphatic heterocycles. The van der Waals surface area contributed by atoms with Gasteiger partial charge in [-0.1, -0.05) is 15.9 Å². The first-order chi connectivity index (χ1) is 9.54. The molecule has 4 nitrogen and oxygen atoms in total. The molecule has 1 aliphatic rings. The molecule has 110 valence electrons. The Morgan fingerprint density at radius 1 is 1.60 bits per heavy atom. The lowest BCUT2D eigenvalue weighted by Gasteiger charge is -2.20. The van der Waals surface area contributed by atoms with Gasteiger partial charge in [-0.15, -0.1) is 0 Å². The van der Waals surface area contributed by atoms with Crippen molar-refractivity contribution >= 4 is 27.5 Å². The third kappa shape index (κ3) is 4.54. The zero-order valence-electron chi connectivity index (χ0n) is 11.5. The monoisotopic (exact) mass is 343 g/mol. The normalized spacial score (nSPS) is 18.5. The van der Waals surface area contributed by atoms with Gasteiger partial charge >= 0.3 is 0 Å². The van der Waals surface area contributed by atoms with Gasteiger partial charge in [-0.25, -0.2) is 4.39 Å². The van der Waals surface area contributed by atoms with Crippen LogP contribution in [0.15, 0.2) is 22.7 Å². The highest BCUT2D eigenvalue weighted by atomic mass is 79.9. The van der Waals surface area contributed by atoms with Gasteiger partial charge in [0.2, 0.25) is 5.91 Å². The summed E-state index contributed by atoms with van der Waals surface area (Å²) in [5.74, 6) is -0.639. The summed E-state index contributed by atoms with van der Waals surface area (Å²) in [5.41, 5.74) is 0.214. The number of amides is 1. The van der Waals surface area contributed by atoms with Crippen LogP contribution in [0.25, 0.3) is 0 Å². The van der Waals surface area contributed by atoms with E-state index >= 15 is 0 Å². The van der Waals surface area contributed by atoms with Gasteiger partial charge in [0.05, 0.1) is 12.2 Å². The molecule has 6 heteroatoms. The maximum Gasteiger partial charge on any atom is 0.238 e. The van der Waals surface area contributed by atoms with Crippen LogP contribution in [0.1, 0.15) is 12.8 Å². The Morgan fingerprint density at radius 3 is 3.05 bits per heavy atom. The minimum atomic E-state index is -0.437. The molecule has 1 heterocycles. The molecule has 1 fully saturated rings. The summed E-state index contributed by atoms with van der Waals surface area (Å²) < 4.78 is 14.3. The quantitative estimate of drug-likeness (QED) is 0.861. The highest BCUT2D eigenvalue weighted by molar-refractivity contribution is 9.10. The van der Waals surface area contributed by atoms with Crippen LogP contribution < -0.4 is 10.6 Å². The molecular weight excluding hydrogens is 325 g/mol. The first-order valence-corrected chi connectivity index (χ1v) is 7.51. The molecule has 1 aromatic rings. The fourth-order valence-corrected chi connectivity index (χ4v) is 2.71. The van der Waals surface area contributed by atoms with E-state index in [-0.39, 0.29) is 18.1 Å². The van der Waals surface area contributed by atoms with Crippen molar-refractivity contribution in [3.8, 4) is 0 Å². The van der Waals surface area contributed by atoms with Gasteiger partial charge in [-0.05, 0) is 44.6 Å². The van der Waals surface area contributed by atoms with Gasteiger partial charge in [-0.2, -0.15) is 0 Å². The van der Waals surface area contributed by atoms with Crippen LogP contribution >= 0.6 is 15.9 Å². The number of carbonyl (C=O) groups is 1. The molecule has 20 heavy (non-hydrogen) atoms. The van der Waals surface area contributed by atoms with Crippen LogP contribution in [0.5, 0.6) is 0 Å². The number of hydrogen-bond donors (Lipinski definition) is 2. The number of likely N-dealkylation sites (N-methyl/N-ethyl adjacent to an activating group) is 1. The second-order valence-corrected chi connectivity index (χ2v) is 6.08. The fraction of sp³-hybridized carbons (Fsp3) is 0.500. The summed E-state index contributed by atoms with van der Waals surface area (Å²) in [6.45, 7) is 2.14. The van der Waals surface area contributed by atoms with Gasteiger partial charge in [0.1, 0.15) is 5.82 Å². The molecule has 0 bridgehead atoms. The second kappa shape index (κ2) is 7.15. The molecule has 0 saturated carbocycles. The minimum Gasteiger partial charge on any atom is -0.322 e. The zero-order valence-corrected chi connectivity index (χ0v) is 13.0. The number of nitrogens with one attached hydrogen (secondary N) is 2. The SMILES string of the molecule is CN(CC(=O)Nc1ccc(Br)cc1F)CC1CCCN1. The van der Waals surface area contributed by atoms with Crippen LogP contribution in [0.4, 0.5) is 10.1 Å². The van der Waals surface area contributed by atoms with Crippen molar-refractivity contribution in [3.63, 3.8) is 0 Å². The van der Waals surface area contributed by atoms with E-state index < -0.39 is 5.82 Å². The minimum absolute atomic E-state index is 0.202. The first-order valence-electron chi connectivity index (χ1n) is 6.71. The van der Waals surface area contributed by atoms with E-state index in [0.29, 0.717) is 10.5 Å². The molecule has 2 rings (SSSR count). The van der Waals surface area contributed by atoms with Gasteiger partial charge < -0.3 is 10.6 Å². The topological polar surface area (TPSA) is 44.4 Å². The molecule has 1 atom stereocenters. The van der Waals surface area contributed by atoms with Gasteiger partial charge in [0, 0.05) is 17.1 Å². The van der Waals surface area contributed by atoms with Crippen molar-refractivity contribution in [2.75, 3.05) is 32.0 Å². The number of hydrogen-bond acceptors (Lipinski definition) is 3. The maximum absolute atomic E-state index is 13.6. The van der Waals surface area contributed by atoms with Crippen molar-refractivity contribution in [2.24, 2.45) is 0 Å². The number of rotatable bonds is 5. The average Bonchev–Trinajstić information content (AvgIpc) is 2.85. The number of benzene rings is 1. The van der Waals surface area contributed by atoms with Crippen molar-refractivity contribution in [1.82, 2.24) is 10.2 Å². The smallest absolute Gasteiger partial charge is 0.238 e. The van der Waals surface area contributed by atoms with Crippen LogP contribution in [0.3, 0.4) is 0 Å². The second-order valence-electron chi connectivity index (χ2n) is 5.16. The third-order valence-electron chi connectivity index (χ3n) is 3.31. The standard InChI is InChI=1S/C14H19BrFN3O/c1-19(8-11-3-2-6-17-11)9-14(20)18-13-5-4-10(15)7-12(13)16/h4-5,7,11,17H,2-3,6,8-9H2,1H3,(H,18,20). The van der Waals surface area contributed by atoms with E-state index in [0.717, 1.165) is 19.5 Å². The Kier molecular flexibility index (Phi) is 5.51. The molecule has 1 saturated heterocycles. The fourth-order valence-electron chi connectivity index (χ4n) is 2.38. The number of nitrogens with zero attached hydrogens (tertiary/aromatic N) is 1. The van der Waals surface area contributed by atoms with Crippen molar-refractivity contribution in [2.45, 2.75) is 18.9 Å². The van der Waals surface area contributed by atoms with E-state index in [4.69, 9.17) is 0 Å². The molecule has 1 unspecified atom stereocenters. The van der Waals surface area contributed by atoms with Crippen LogP contribution in [0.2, 0.25) is 0 Å². The largest absolute Gasteiger partial charge is 0.322 e. The van der Waals surface area contributed by atoms with Gasteiger partial charge in [-0.3, -0.25) is 9.69 Å². The van der Waals surface area contributed by atoms with E-state index in [2.05, 4.69) is 26.6 Å². The molecule has 2 N–H and O–H groups in total. The Hall–Kier alpha value is -0.980.